The molecule has 132 valence electrons. The van der Waals surface area contributed by atoms with Gasteiger partial charge in [-0.05, 0) is 54.8 Å². The van der Waals surface area contributed by atoms with E-state index in [4.69, 9.17) is 0 Å². The van der Waals surface area contributed by atoms with Crippen LogP contribution in [0.1, 0.15) is 47.3 Å². The zero-order valence-electron chi connectivity index (χ0n) is 14.2. The van der Waals surface area contributed by atoms with Crippen LogP contribution in [0.5, 0.6) is 0 Å². The van der Waals surface area contributed by atoms with Gasteiger partial charge < -0.3 is 5.32 Å². The smallest absolute Gasteiger partial charge is 0.261 e. The summed E-state index contributed by atoms with van der Waals surface area (Å²) in [6, 6.07) is 11.9. The normalized spacial score (nSPS) is 26.4. The molecule has 2 saturated heterocycles. The number of nitrogens with one attached hydrogen (secondary N) is 1. The fraction of sp³-hybridized carbons (Fsp3) is 0.450. The van der Waals surface area contributed by atoms with Gasteiger partial charge in [0, 0.05) is 24.7 Å². The molecule has 0 aliphatic carbocycles. The number of hydrogen-bond acceptors (Lipinski definition) is 3. The minimum absolute atomic E-state index is 0.0602. The summed E-state index contributed by atoms with van der Waals surface area (Å²) in [7, 11) is 0. The first-order chi connectivity index (χ1) is 12.2. The molecule has 0 saturated carbocycles. The maximum absolute atomic E-state index is 13.1. The third-order valence-corrected chi connectivity index (χ3v) is 6.35. The molecule has 1 aromatic carbocycles. The van der Waals surface area contributed by atoms with Gasteiger partial charge in [-0.25, -0.2) is 4.39 Å². The maximum Gasteiger partial charge on any atom is 0.261 e. The second-order valence-corrected chi connectivity index (χ2v) is 8.10. The lowest BCUT2D eigenvalue weighted by Crippen LogP contribution is -2.56. The van der Waals surface area contributed by atoms with Gasteiger partial charge >= 0.3 is 0 Å². The first-order valence-corrected chi connectivity index (χ1v) is 9.91. The number of amides is 1. The highest BCUT2D eigenvalue weighted by Crippen LogP contribution is 2.35. The lowest BCUT2D eigenvalue weighted by Gasteiger charge is -2.49. The monoisotopic (exact) mass is 358 g/mol. The Morgan fingerprint density at radius 2 is 1.88 bits per heavy atom. The summed E-state index contributed by atoms with van der Waals surface area (Å²) in [5.74, 6) is -0.121. The molecule has 3 nitrogen and oxygen atoms in total. The van der Waals surface area contributed by atoms with E-state index in [9.17, 15) is 9.18 Å². The topological polar surface area (TPSA) is 32.3 Å². The fourth-order valence-corrected chi connectivity index (χ4v) is 4.95. The summed E-state index contributed by atoms with van der Waals surface area (Å²) in [6.07, 6.45) is 5.65. The molecule has 2 atom stereocenters. The Morgan fingerprint density at radius 3 is 2.52 bits per heavy atom. The van der Waals surface area contributed by atoms with Crippen molar-refractivity contribution in [3.8, 4) is 0 Å². The molecular weight excluding hydrogens is 335 g/mol. The van der Waals surface area contributed by atoms with Gasteiger partial charge in [-0.3, -0.25) is 9.69 Å². The number of halogens is 1. The van der Waals surface area contributed by atoms with Gasteiger partial charge in [0.15, 0.2) is 0 Å². The average molecular weight is 358 g/mol. The number of benzene rings is 1. The van der Waals surface area contributed by atoms with Crippen molar-refractivity contribution < 1.29 is 9.18 Å². The number of carbonyl (C=O) groups is 1. The summed E-state index contributed by atoms with van der Waals surface area (Å²) < 4.78 is 13.1. The second-order valence-electron chi connectivity index (χ2n) is 7.16. The summed E-state index contributed by atoms with van der Waals surface area (Å²) >= 11 is 1.49. The van der Waals surface area contributed by atoms with Crippen molar-refractivity contribution in [2.75, 3.05) is 0 Å². The number of hydrogen-bond donors (Lipinski definition) is 1. The largest absolute Gasteiger partial charge is 0.348 e. The van der Waals surface area contributed by atoms with Crippen molar-refractivity contribution >= 4 is 17.2 Å². The molecule has 1 aromatic heterocycles. The average Bonchev–Trinajstić information content (AvgIpc) is 3.12. The molecule has 1 amide bonds. The summed E-state index contributed by atoms with van der Waals surface area (Å²) in [6.45, 7) is 0.876. The lowest BCUT2D eigenvalue weighted by atomic mass is 9.81. The third kappa shape index (κ3) is 3.77. The summed E-state index contributed by atoms with van der Waals surface area (Å²) in [5.41, 5.74) is 1.17. The number of piperidine rings is 2. The van der Waals surface area contributed by atoms with E-state index in [1.807, 2.05) is 29.6 Å². The number of fused-ring (bicyclic) bond motifs is 2. The van der Waals surface area contributed by atoms with E-state index in [1.54, 1.807) is 12.1 Å². The number of rotatable bonds is 4. The predicted octanol–water partition coefficient (Wildman–Crippen LogP) is 4.20. The third-order valence-electron chi connectivity index (χ3n) is 5.48. The van der Waals surface area contributed by atoms with Crippen LogP contribution >= 0.6 is 11.3 Å². The summed E-state index contributed by atoms with van der Waals surface area (Å²) in [4.78, 5) is 15.7. The van der Waals surface area contributed by atoms with Crippen LogP contribution in [0.2, 0.25) is 0 Å². The van der Waals surface area contributed by atoms with Gasteiger partial charge in [0.1, 0.15) is 5.82 Å². The Hall–Kier alpha value is -1.72. The van der Waals surface area contributed by atoms with Crippen LogP contribution in [-0.4, -0.2) is 28.9 Å². The number of nitrogens with zero attached hydrogens (tertiary/aromatic N) is 1. The Labute approximate surface area is 151 Å². The van der Waals surface area contributed by atoms with Crippen LogP contribution in [0.4, 0.5) is 4.39 Å². The van der Waals surface area contributed by atoms with Crippen molar-refractivity contribution in [2.45, 2.75) is 56.8 Å². The van der Waals surface area contributed by atoms with Gasteiger partial charge in [-0.15, -0.1) is 11.3 Å². The minimum atomic E-state index is -0.182. The van der Waals surface area contributed by atoms with Crippen LogP contribution in [0.3, 0.4) is 0 Å². The van der Waals surface area contributed by atoms with Crippen molar-refractivity contribution in [3.05, 3.63) is 58.0 Å². The lowest BCUT2D eigenvalue weighted by molar-refractivity contribution is 0.0177. The van der Waals surface area contributed by atoms with Crippen molar-refractivity contribution in [1.82, 2.24) is 10.2 Å². The first-order valence-electron chi connectivity index (χ1n) is 9.03. The van der Waals surface area contributed by atoms with Crippen LogP contribution in [0, 0.1) is 5.82 Å². The highest BCUT2D eigenvalue weighted by atomic mass is 32.1. The molecule has 4 rings (SSSR count). The molecule has 2 fully saturated rings. The highest BCUT2D eigenvalue weighted by Gasteiger charge is 2.38. The minimum Gasteiger partial charge on any atom is -0.348 e. The Morgan fingerprint density at radius 1 is 1.16 bits per heavy atom. The molecule has 2 aliphatic rings. The first kappa shape index (κ1) is 16.7. The van der Waals surface area contributed by atoms with Gasteiger partial charge in [0.25, 0.3) is 5.91 Å². The van der Waals surface area contributed by atoms with Crippen molar-refractivity contribution in [1.29, 1.82) is 0 Å². The van der Waals surface area contributed by atoms with E-state index >= 15 is 0 Å². The van der Waals surface area contributed by atoms with E-state index in [0.717, 1.165) is 24.3 Å². The van der Waals surface area contributed by atoms with E-state index in [2.05, 4.69) is 10.2 Å². The molecule has 2 aromatic rings. The number of thiophene rings is 1. The molecule has 1 N–H and O–H groups in total. The Kier molecular flexibility index (Phi) is 4.86. The van der Waals surface area contributed by atoms with Crippen LogP contribution < -0.4 is 5.32 Å². The highest BCUT2D eigenvalue weighted by molar-refractivity contribution is 7.12. The van der Waals surface area contributed by atoms with Crippen molar-refractivity contribution in [2.24, 2.45) is 0 Å². The maximum atomic E-state index is 13.1. The van der Waals surface area contributed by atoms with Crippen molar-refractivity contribution in [3.63, 3.8) is 0 Å². The zero-order chi connectivity index (χ0) is 17.2. The predicted molar refractivity (Wildman–Crippen MR) is 98.2 cm³/mol. The molecule has 3 heterocycles. The van der Waals surface area contributed by atoms with Gasteiger partial charge in [-0.1, -0.05) is 24.6 Å². The van der Waals surface area contributed by atoms with Crippen LogP contribution in [0.15, 0.2) is 41.8 Å². The summed E-state index contributed by atoms with van der Waals surface area (Å²) in [5, 5.41) is 5.18. The molecule has 0 radical (unpaired) electrons. The van der Waals surface area contributed by atoms with Crippen LogP contribution in [0.25, 0.3) is 0 Å². The van der Waals surface area contributed by atoms with E-state index in [1.165, 1.54) is 36.2 Å². The quantitative estimate of drug-likeness (QED) is 0.888. The second kappa shape index (κ2) is 7.26. The van der Waals surface area contributed by atoms with Crippen LogP contribution in [-0.2, 0) is 6.54 Å². The van der Waals surface area contributed by atoms with E-state index < -0.39 is 0 Å². The van der Waals surface area contributed by atoms with Gasteiger partial charge in [-0.2, -0.15) is 0 Å². The molecule has 25 heavy (non-hydrogen) atoms. The molecule has 2 unspecified atom stereocenters. The zero-order valence-corrected chi connectivity index (χ0v) is 15.0. The Balaban J connectivity index is 1.41. The standard InChI is InChI=1S/C20H23FN2OS/c21-15-8-6-14(7-9-15)13-23-17-3-1-4-18(23)12-16(11-17)22-20(24)19-5-2-10-25-19/h2,5-10,16-18H,1,3-4,11-13H2,(H,22,24). The molecular formula is C20H23FN2OS. The Bertz CT molecular complexity index is 702. The molecule has 0 spiro atoms. The number of carbonyl (C=O) groups excluding carboxylic acids is 1. The van der Waals surface area contributed by atoms with Gasteiger partial charge in [0.05, 0.1) is 4.88 Å². The van der Waals surface area contributed by atoms with Gasteiger partial charge in [0.2, 0.25) is 0 Å². The molecule has 5 heteroatoms. The SMILES string of the molecule is O=C(NC1CC2CCCC(C1)N2Cc1ccc(F)cc1)c1cccs1. The van der Waals surface area contributed by atoms with E-state index in [-0.39, 0.29) is 17.8 Å². The van der Waals surface area contributed by atoms with E-state index in [0.29, 0.717) is 12.1 Å². The molecule has 2 bridgehead atoms. The fourth-order valence-electron chi connectivity index (χ4n) is 4.32. The molecule has 2 aliphatic heterocycles.